The van der Waals surface area contributed by atoms with Gasteiger partial charge >= 0.3 is 0 Å². The highest BCUT2D eigenvalue weighted by atomic mass is 35.5. The van der Waals surface area contributed by atoms with E-state index in [2.05, 4.69) is 64.5 Å². The molecule has 3 aromatic rings. The average molecular weight is 435 g/mol. The highest BCUT2D eigenvalue weighted by Crippen LogP contribution is 2.25. The second-order valence-electron chi connectivity index (χ2n) is 8.68. The fraction of sp³-hybridized carbons (Fsp3) is 0.370. The molecule has 4 heteroatoms. The quantitative estimate of drug-likeness (QED) is 0.496. The third-order valence-corrected chi connectivity index (χ3v) is 6.73. The van der Waals surface area contributed by atoms with Crippen molar-refractivity contribution in [3.05, 3.63) is 104 Å². The van der Waals surface area contributed by atoms with Gasteiger partial charge in [-0.05, 0) is 80.3 Å². The number of H-pyrrole nitrogens is 1. The second kappa shape index (κ2) is 10.8. The number of pyridine rings is 1. The number of aromatic amines is 1. The topological polar surface area (TPSA) is 36.1 Å². The number of nitrogens with one attached hydrogen (secondary N) is 1. The SMILES string of the molecule is O=c1[nH]cc(Cl)cc1CN1CCC(CCc2ccccc2CCc2ccccc2)CC1. The van der Waals surface area contributed by atoms with E-state index < -0.39 is 0 Å². The van der Waals surface area contributed by atoms with Gasteiger partial charge in [0.25, 0.3) is 5.56 Å². The summed E-state index contributed by atoms with van der Waals surface area (Å²) in [7, 11) is 0. The molecular weight excluding hydrogens is 404 g/mol. The highest BCUT2D eigenvalue weighted by Gasteiger charge is 2.20. The van der Waals surface area contributed by atoms with Crippen molar-refractivity contribution in [2.45, 2.75) is 45.1 Å². The first-order valence-electron chi connectivity index (χ1n) is 11.4. The Hall–Kier alpha value is -2.36. The van der Waals surface area contributed by atoms with Crippen LogP contribution in [0.5, 0.6) is 0 Å². The van der Waals surface area contributed by atoms with E-state index in [0.29, 0.717) is 11.6 Å². The van der Waals surface area contributed by atoms with Crippen molar-refractivity contribution in [3.63, 3.8) is 0 Å². The van der Waals surface area contributed by atoms with Crippen molar-refractivity contribution in [1.82, 2.24) is 9.88 Å². The third kappa shape index (κ3) is 6.32. The van der Waals surface area contributed by atoms with Gasteiger partial charge in [0.2, 0.25) is 0 Å². The summed E-state index contributed by atoms with van der Waals surface area (Å²) in [5.74, 6) is 0.760. The molecule has 1 saturated heterocycles. The summed E-state index contributed by atoms with van der Waals surface area (Å²) in [4.78, 5) is 17.1. The monoisotopic (exact) mass is 434 g/mol. The van der Waals surface area contributed by atoms with E-state index >= 15 is 0 Å². The van der Waals surface area contributed by atoms with Gasteiger partial charge in [-0.15, -0.1) is 0 Å². The number of halogens is 1. The molecule has 0 amide bonds. The van der Waals surface area contributed by atoms with Crippen LogP contribution in [0.1, 0.15) is 41.5 Å². The first kappa shape index (κ1) is 21.9. The summed E-state index contributed by atoms with van der Waals surface area (Å²) in [5.41, 5.74) is 5.13. The zero-order valence-electron chi connectivity index (χ0n) is 18.0. The number of hydrogen-bond acceptors (Lipinski definition) is 2. The molecule has 0 bridgehead atoms. The summed E-state index contributed by atoms with van der Waals surface area (Å²) in [6.45, 7) is 2.78. The molecule has 1 aromatic heterocycles. The van der Waals surface area contributed by atoms with E-state index in [1.165, 1.54) is 36.0 Å². The third-order valence-electron chi connectivity index (χ3n) is 6.51. The van der Waals surface area contributed by atoms with Crippen LogP contribution < -0.4 is 5.56 Å². The van der Waals surface area contributed by atoms with Gasteiger partial charge in [0.05, 0.1) is 5.02 Å². The van der Waals surface area contributed by atoms with Gasteiger partial charge in [-0.1, -0.05) is 66.2 Å². The molecule has 2 heterocycles. The lowest BCUT2D eigenvalue weighted by Crippen LogP contribution is -2.35. The van der Waals surface area contributed by atoms with E-state index in [4.69, 9.17) is 11.6 Å². The lowest BCUT2D eigenvalue weighted by atomic mass is 9.88. The second-order valence-corrected chi connectivity index (χ2v) is 9.12. The summed E-state index contributed by atoms with van der Waals surface area (Å²) >= 11 is 6.04. The first-order chi connectivity index (χ1) is 15.2. The molecular formula is C27H31ClN2O. The first-order valence-corrected chi connectivity index (χ1v) is 11.8. The van der Waals surface area contributed by atoms with E-state index in [-0.39, 0.29) is 5.56 Å². The Labute approximate surface area is 190 Å². The summed E-state index contributed by atoms with van der Waals surface area (Å²) in [6.07, 6.45) is 8.55. The van der Waals surface area contributed by atoms with Crippen LogP contribution in [0.25, 0.3) is 0 Å². The predicted molar refractivity (Wildman–Crippen MR) is 129 cm³/mol. The molecule has 2 aromatic carbocycles. The molecule has 0 atom stereocenters. The Bertz CT molecular complexity index is 1020. The fourth-order valence-electron chi connectivity index (χ4n) is 4.62. The minimum Gasteiger partial charge on any atom is -0.327 e. The number of benzene rings is 2. The molecule has 1 aliphatic heterocycles. The highest BCUT2D eigenvalue weighted by molar-refractivity contribution is 6.30. The number of piperidine rings is 1. The van der Waals surface area contributed by atoms with Crippen LogP contribution in [0.2, 0.25) is 5.02 Å². The maximum atomic E-state index is 12.0. The van der Waals surface area contributed by atoms with Crippen LogP contribution in [0.3, 0.4) is 0 Å². The van der Waals surface area contributed by atoms with Crippen LogP contribution in [0, 0.1) is 5.92 Å². The van der Waals surface area contributed by atoms with Gasteiger partial charge in [0.15, 0.2) is 0 Å². The van der Waals surface area contributed by atoms with Crippen molar-refractivity contribution in [2.75, 3.05) is 13.1 Å². The molecule has 0 aliphatic carbocycles. The summed E-state index contributed by atoms with van der Waals surface area (Å²) < 4.78 is 0. The van der Waals surface area contributed by atoms with Gasteiger partial charge in [-0.2, -0.15) is 0 Å². The maximum absolute atomic E-state index is 12.0. The number of aromatic nitrogens is 1. The molecule has 0 spiro atoms. The lowest BCUT2D eigenvalue weighted by molar-refractivity contribution is 0.172. The summed E-state index contributed by atoms with van der Waals surface area (Å²) in [6, 6.07) is 21.5. The van der Waals surface area contributed by atoms with Crippen LogP contribution in [0.15, 0.2) is 71.7 Å². The number of nitrogens with zero attached hydrogens (tertiary/aromatic N) is 1. The van der Waals surface area contributed by atoms with E-state index in [9.17, 15) is 4.79 Å². The minimum absolute atomic E-state index is 0.0290. The molecule has 0 saturated carbocycles. The number of rotatable bonds is 8. The van der Waals surface area contributed by atoms with Crippen LogP contribution in [-0.2, 0) is 25.8 Å². The maximum Gasteiger partial charge on any atom is 0.252 e. The van der Waals surface area contributed by atoms with E-state index in [1.807, 2.05) is 0 Å². The van der Waals surface area contributed by atoms with Crippen molar-refractivity contribution in [3.8, 4) is 0 Å². The zero-order chi connectivity index (χ0) is 21.5. The van der Waals surface area contributed by atoms with Crippen molar-refractivity contribution in [2.24, 2.45) is 5.92 Å². The van der Waals surface area contributed by atoms with Crippen molar-refractivity contribution >= 4 is 11.6 Å². The number of hydrogen-bond donors (Lipinski definition) is 1. The zero-order valence-corrected chi connectivity index (χ0v) is 18.8. The standard InChI is InChI=1S/C27H31ClN2O/c28-26-18-25(27(31)29-19-26)20-30-16-14-22(15-17-30)11-13-24-9-5-4-8-23(24)12-10-21-6-2-1-3-7-21/h1-9,18-19,22H,10-17,20H2,(H,29,31). The minimum atomic E-state index is -0.0290. The Morgan fingerprint density at radius 1 is 0.871 bits per heavy atom. The Kier molecular flexibility index (Phi) is 7.61. The van der Waals surface area contributed by atoms with Gasteiger partial charge < -0.3 is 4.98 Å². The van der Waals surface area contributed by atoms with E-state index in [1.54, 1.807) is 12.3 Å². The van der Waals surface area contributed by atoms with Crippen molar-refractivity contribution < 1.29 is 0 Å². The summed E-state index contributed by atoms with van der Waals surface area (Å²) in [5, 5.41) is 0.593. The Morgan fingerprint density at radius 3 is 2.29 bits per heavy atom. The molecule has 162 valence electrons. The molecule has 4 rings (SSSR count). The van der Waals surface area contributed by atoms with Crippen molar-refractivity contribution in [1.29, 1.82) is 0 Å². The molecule has 1 aliphatic rings. The van der Waals surface area contributed by atoms with Gasteiger partial charge in [0, 0.05) is 18.3 Å². The molecule has 3 nitrogen and oxygen atoms in total. The van der Waals surface area contributed by atoms with E-state index in [0.717, 1.165) is 43.8 Å². The lowest BCUT2D eigenvalue weighted by Gasteiger charge is -2.32. The largest absolute Gasteiger partial charge is 0.327 e. The fourth-order valence-corrected chi connectivity index (χ4v) is 4.81. The number of likely N-dealkylation sites (tertiary alicyclic amines) is 1. The van der Waals surface area contributed by atoms with Crippen LogP contribution in [0.4, 0.5) is 0 Å². The molecule has 1 N–H and O–H groups in total. The molecule has 0 radical (unpaired) electrons. The van der Waals surface area contributed by atoms with Crippen LogP contribution in [-0.4, -0.2) is 23.0 Å². The normalized spacial score (nSPS) is 15.3. The Morgan fingerprint density at radius 2 is 1.55 bits per heavy atom. The molecule has 31 heavy (non-hydrogen) atoms. The van der Waals surface area contributed by atoms with Gasteiger partial charge in [-0.25, -0.2) is 0 Å². The predicted octanol–water partition coefficient (Wildman–Crippen LogP) is 5.66. The Balaban J connectivity index is 1.26. The smallest absolute Gasteiger partial charge is 0.252 e. The average Bonchev–Trinajstić information content (AvgIpc) is 2.81. The van der Waals surface area contributed by atoms with Gasteiger partial charge in [-0.3, -0.25) is 9.69 Å². The molecule has 0 unspecified atom stereocenters. The number of aryl methyl sites for hydroxylation is 3. The molecule has 1 fully saturated rings. The van der Waals surface area contributed by atoms with Crippen LogP contribution >= 0.6 is 11.6 Å². The van der Waals surface area contributed by atoms with Gasteiger partial charge in [0.1, 0.15) is 0 Å².